The highest BCUT2D eigenvalue weighted by Gasteiger charge is 2.04. The van der Waals surface area contributed by atoms with E-state index in [4.69, 9.17) is 9.84 Å². The molecule has 1 aromatic carbocycles. The SMILES string of the molecule is CCCCCCCCCCCCCOc1ccc(C#CC(=O)O)cc1F. The van der Waals surface area contributed by atoms with Gasteiger partial charge < -0.3 is 9.84 Å². The molecular weight excluding hydrogens is 331 g/mol. The second kappa shape index (κ2) is 14.2. The molecule has 3 nitrogen and oxygen atoms in total. The molecule has 4 heteroatoms. The number of carbonyl (C=O) groups is 1. The third-order valence-electron chi connectivity index (χ3n) is 4.25. The molecule has 0 saturated heterocycles. The van der Waals surface area contributed by atoms with E-state index in [1.54, 1.807) is 6.07 Å². The van der Waals surface area contributed by atoms with Crippen molar-refractivity contribution < 1.29 is 19.0 Å². The first-order chi connectivity index (χ1) is 12.6. The van der Waals surface area contributed by atoms with Crippen LogP contribution >= 0.6 is 0 Å². The predicted octanol–water partition coefficient (Wildman–Crippen LogP) is 5.95. The van der Waals surface area contributed by atoms with Crippen LogP contribution < -0.4 is 4.74 Å². The average Bonchev–Trinajstić information content (AvgIpc) is 2.62. The molecule has 0 amide bonds. The molecule has 0 aliphatic heterocycles. The second-order valence-electron chi connectivity index (χ2n) is 6.58. The van der Waals surface area contributed by atoms with E-state index in [-0.39, 0.29) is 5.75 Å². The van der Waals surface area contributed by atoms with Gasteiger partial charge >= 0.3 is 5.97 Å². The Kier molecular flexibility index (Phi) is 12.0. The molecule has 0 unspecified atom stereocenters. The van der Waals surface area contributed by atoms with Crippen LogP contribution in [-0.4, -0.2) is 17.7 Å². The van der Waals surface area contributed by atoms with Gasteiger partial charge in [0.05, 0.1) is 6.61 Å². The standard InChI is InChI=1S/C22H31FO3/c1-2-3-4-5-6-7-8-9-10-11-12-17-26-21-15-13-19(18-20(21)23)14-16-22(24)25/h13,15,18H,2-12,17H2,1H3,(H,24,25). The summed E-state index contributed by atoms with van der Waals surface area (Å²) in [5.41, 5.74) is 0.326. The number of benzene rings is 1. The number of hydrogen-bond acceptors (Lipinski definition) is 2. The Bertz CT molecular complexity index is 587. The molecule has 0 spiro atoms. The third kappa shape index (κ3) is 10.8. The molecule has 0 aliphatic carbocycles. The van der Waals surface area contributed by atoms with E-state index in [9.17, 15) is 9.18 Å². The van der Waals surface area contributed by atoms with Crippen LogP contribution in [0.5, 0.6) is 5.75 Å². The first-order valence-corrected chi connectivity index (χ1v) is 9.80. The molecule has 1 N–H and O–H groups in total. The normalized spacial score (nSPS) is 10.2. The molecule has 0 saturated carbocycles. The van der Waals surface area contributed by atoms with E-state index in [1.807, 2.05) is 5.92 Å². The lowest BCUT2D eigenvalue weighted by molar-refractivity contribution is -0.130. The molecule has 144 valence electrons. The van der Waals surface area contributed by atoms with Crippen molar-refractivity contribution in [3.05, 3.63) is 29.6 Å². The van der Waals surface area contributed by atoms with E-state index in [2.05, 4.69) is 12.8 Å². The maximum absolute atomic E-state index is 13.9. The van der Waals surface area contributed by atoms with Gasteiger partial charge in [0.15, 0.2) is 11.6 Å². The molecular formula is C22H31FO3. The zero-order valence-electron chi connectivity index (χ0n) is 15.9. The van der Waals surface area contributed by atoms with Crippen molar-refractivity contribution in [2.45, 2.75) is 77.6 Å². The Morgan fingerprint density at radius 1 is 1.00 bits per heavy atom. The van der Waals surface area contributed by atoms with Crippen molar-refractivity contribution in [3.8, 4) is 17.6 Å². The highest BCUT2D eigenvalue weighted by Crippen LogP contribution is 2.18. The van der Waals surface area contributed by atoms with Crippen molar-refractivity contribution in [1.82, 2.24) is 0 Å². The van der Waals surface area contributed by atoms with Gasteiger partial charge in [0.25, 0.3) is 0 Å². The zero-order chi connectivity index (χ0) is 19.0. The number of ether oxygens (including phenoxy) is 1. The summed E-state index contributed by atoms with van der Waals surface area (Å²) in [6, 6.07) is 4.26. The predicted molar refractivity (Wildman–Crippen MR) is 103 cm³/mol. The summed E-state index contributed by atoms with van der Waals surface area (Å²) in [6.07, 6.45) is 13.9. The third-order valence-corrected chi connectivity index (χ3v) is 4.25. The fraction of sp³-hybridized carbons (Fsp3) is 0.591. The van der Waals surface area contributed by atoms with Gasteiger partial charge in [-0.05, 0) is 24.6 Å². The average molecular weight is 362 g/mol. The van der Waals surface area contributed by atoms with Crippen LogP contribution in [0.4, 0.5) is 4.39 Å². The fourth-order valence-corrected chi connectivity index (χ4v) is 2.77. The number of hydrogen-bond donors (Lipinski definition) is 1. The first-order valence-electron chi connectivity index (χ1n) is 9.80. The molecule has 1 aromatic rings. The molecule has 0 radical (unpaired) electrons. The van der Waals surface area contributed by atoms with Crippen LogP contribution in [0.15, 0.2) is 18.2 Å². The molecule has 0 fully saturated rings. The van der Waals surface area contributed by atoms with Crippen molar-refractivity contribution in [3.63, 3.8) is 0 Å². The quantitative estimate of drug-likeness (QED) is 0.348. The van der Waals surface area contributed by atoms with Gasteiger partial charge in [0.1, 0.15) is 0 Å². The van der Waals surface area contributed by atoms with Crippen molar-refractivity contribution in [1.29, 1.82) is 0 Å². The Morgan fingerprint density at radius 3 is 2.12 bits per heavy atom. The van der Waals surface area contributed by atoms with Gasteiger partial charge in [-0.25, -0.2) is 9.18 Å². The Balaban J connectivity index is 2.08. The number of halogens is 1. The monoisotopic (exact) mass is 362 g/mol. The van der Waals surface area contributed by atoms with Crippen molar-refractivity contribution >= 4 is 5.97 Å². The van der Waals surface area contributed by atoms with Gasteiger partial charge in [-0.15, -0.1) is 0 Å². The summed E-state index contributed by atoms with van der Waals surface area (Å²) in [4.78, 5) is 10.4. The Morgan fingerprint density at radius 2 is 1.58 bits per heavy atom. The maximum Gasteiger partial charge on any atom is 0.382 e. The number of rotatable bonds is 13. The largest absolute Gasteiger partial charge is 0.491 e. The number of carboxylic acid groups (broad SMARTS) is 1. The number of carboxylic acids is 1. The molecule has 0 aliphatic rings. The molecule has 26 heavy (non-hydrogen) atoms. The van der Waals surface area contributed by atoms with Crippen LogP contribution in [0.2, 0.25) is 0 Å². The van der Waals surface area contributed by atoms with Gasteiger partial charge in [-0.1, -0.05) is 77.1 Å². The summed E-state index contributed by atoms with van der Waals surface area (Å²) in [7, 11) is 0. The van der Waals surface area contributed by atoms with Crippen LogP contribution in [0.3, 0.4) is 0 Å². The van der Waals surface area contributed by atoms with Crippen LogP contribution in [-0.2, 0) is 4.79 Å². The molecule has 0 heterocycles. The van der Waals surface area contributed by atoms with Crippen LogP contribution in [0.25, 0.3) is 0 Å². The minimum absolute atomic E-state index is 0.193. The minimum atomic E-state index is -1.23. The Labute approximate surface area is 157 Å². The molecule has 0 bridgehead atoms. The van der Waals surface area contributed by atoms with E-state index in [1.165, 1.54) is 69.9 Å². The highest BCUT2D eigenvalue weighted by molar-refractivity contribution is 5.87. The number of unbranched alkanes of at least 4 members (excludes halogenated alkanes) is 10. The topological polar surface area (TPSA) is 46.5 Å². The zero-order valence-corrected chi connectivity index (χ0v) is 15.9. The summed E-state index contributed by atoms with van der Waals surface area (Å²) in [5.74, 6) is 2.79. The van der Waals surface area contributed by atoms with Gasteiger partial charge in [0, 0.05) is 11.5 Å². The summed E-state index contributed by atoms with van der Waals surface area (Å²) in [6.45, 7) is 2.73. The van der Waals surface area contributed by atoms with Crippen molar-refractivity contribution in [2.75, 3.05) is 6.61 Å². The van der Waals surface area contributed by atoms with Crippen molar-refractivity contribution in [2.24, 2.45) is 0 Å². The van der Waals surface area contributed by atoms with Gasteiger partial charge in [-0.3, -0.25) is 0 Å². The lowest BCUT2D eigenvalue weighted by Gasteiger charge is -2.07. The van der Waals surface area contributed by atoms with E-state index in [0.717, 1.165) is 12.8 Å². The minimum Gasteiger partial charge on any atom is -0.491 e. The van der Waals surface area contributed by atoms with E-state index >= 15 is 0 Å². The molecule has 0 aromatic heterocycles. The summed E-state index contributed by atoms with van der Waals surface area (Å²) >= 11 is 0. The fourth-order valence-electron chi connectivity index (χ4n) is 2.77. The highest BCUT2D eigenvalue weighted by atomic mass is 19.1. The first kappa shape index (κ1) is 22.0. The second-order valence-corrected chi connectivity index (χ2v) is 6.58. The smallest absolute Gasteiger partial charge is 0.382 e. The maximum atomic E-state index is 13.9. The molecule has 1 rings (SSSR count). The lowest BCUT2D eigenvalue weighted by Crippen LogP contribution is -1.99. The van der Waals surface area contributed by atoms with Gasteiger partial charge in [-0.2, -0.15) is 0 Å². The van der Waals surface area contributed by atoms with E-state index < -0.39 is 11.8 Å². The summed E-state index contributed by atoms with van der Waals surface area (Å²) < 4.78 is 19.3. The lowest BCUT2D eigenvalue weighted by atomic mass is 10.1. The van der Waals surface area contributed by atoms with Gasteiger partial charge in [0.2, 0.25) is 0 Å². The van der Waals surface area contributed by atoms with Crippen LogP contribution in [0, 0.1) is 17.7 Å². The molecule has 0 atom stereocenters. The van der Waals surface area contributed by atoms with Crippen LogP contribution in [0.1, 0.15) is 83.1 Å². The Hall–Kier alpha value is -2.02. The van der Waals surface area contributed by atoms with E-state index in [0.29, 0.717) is 12.2 Å². The number of aliphatic carboxylic acids is 1. The summed E-state index contributed by atoms with van der Waals surface area (Å²) in [5, 5.41) is 8.49.